The summed E-state index contributed by atoms with van der Waals surface area (Å²) in [7, 11) is 0. The Morgan fingerprint density at radius 3 is 2.50 bits per heavy atom. The van der Waals surface area contributed by atoms with Crippen LogP contribution in [-0.2, 0) is 6.54 Å². The Kier molecular flexibility index (Phi) is 5.83. The monoisotopic (exact) mass is 414 g/mol. The normalized spacial score (nSPS) is 11.4. The molecule has 3 rings (SSSR count). The molecule has 0 atom stereocenters. The van der Waals surface area contributed by atoms with E-state index in [0.717, 1.165) is 28.1 Å². The molecule has 0 saturated heterocycles. The maximum absolute atomic E-state index is 12.5. The third-order valence-electron chi connectivity index (χ3n) is 4.97. The first-order valence-corrected chi connectivity index (χ1v) is 9.30. The molecule has 0 fully saturated rings. The van der Waals surface area contributed by atoms with Gasteiger partial charge in [-0.05, 0) is 57.0 Å². The van der Waals surface area contributed by atoms with Crippen molar-refractivity contribution in [3.05, 3.63) is 64.2 Å². The van der Waals surface area contributed by atoms with Gasteiger partial charge in [0, 0.05) is 23.0 Å². The summed E-state index contributed by atoms with van der Waals surface area (Å²) in [6, 6.07) is 9.22. The van der Waals surface area contributed by atoms with Crippen LogP contribution < -0.4 is 4.74 Å². The highest BCUT2D eigenvalue weighted by Crippen LogP contribution is 2.30. The van der Waals surface area contributed by atoms with Crippen LogP contribution in [-0.4, -0.2) is 27.5 Å². The summed E-state index contributed by atoms with van der Waals surface area (Å²) < 4.78 is 44.2. The number of nitriles is 1. The number of benzene rings is 1. The third kappa shape index (κ3) is 4.46. The van der Waals surface area contributed by atoms with Crippen LogP contribution in [0.1, 0.15) is 33.8 Å². The van der Waals surface area contributed by atoms with Gasteiger partial charge >= 0.3 is 6.18 Å². The average molecular weight is 414 g/mol. The lowest BCUT2D eigenvalue weighted by Gasteiger charge is -2.14. The maximum Gasteiger partial charge on any atom is 0.422 e. The number of aromatic nitrogens is 3. The molecule has 0 aliphatic heterocycles. The minimum Gasteiger partial charge on any atom is -0.484 e. The number of ether oxygens (including phenoxy) is 1. The Bertz CT molecular complexity index is 1130. The van der Waals surface area contributed by atoms with Gasteiger partial charge in [-0.3, -0.25) is 9.67 Å². The van der Waals surface area contributed by atoms with Crippen LogP contribution in [0.25, 0.3) is 11.1 Å². The lowest BCUT2D eigenvalue weighted by Crippen LogP contribution is -2.20. The standard InChI is InChI=1S/C22H21F3N4O/c1-13-9-17(5-6-18(13)10-26)21-15(3)28-29(16(21)4)11-19-14(2)20(7-8-27-19)30-12-22(23,24)25/h5-9H,11-12H2,1-4H3. The highest BCUT2D eigenvalue weighted by molar-refractivity contribution is 5.70. The number of nitrogens with zero attached hydrogens (tertiary/aromatic N) is 4. The molecule has 2 heterocycles. The second-order valence-electron chi connectivity index (χ2n) is 7.13. The second kappa shape index (κ2) is 8.19. The van der Waals surface area contributed by atoms with Gasteiger partial charge in [-0.1, -0.05) is 6.07 Å². The topological polar surface area (TPSA) is 63.7 Å². The molecule has 8 heteroatoms. The Hall–Kier alpha value is -3.34. The maximum atomic E-state index is 12.5. The van der Waals surface area contributed by atoms with Gasteiger partial charge in [-0.25, -0.2) is 0 Å². The van der Waals surface area contributed by atoms with Gasteiger partial charge in [0.25, 0.3) is 0 Å². The van der Waals surface area contributed by atoms with Crippen LogP contribution in [0.2, 0.25) is 0 Å². The van der Waals surface area contributed by atoms with Crippen LogP contribution in [0.4, 0.5) is 13.2 Å². The van der Waals surface area contributed by atoms with Crippen LogP contribution in [0.3, 0.4) is 0 Å². The van der Waals surface area contributed by atoms with Gasteiger partial charge in [-0.15, -0.1) is 0 Å². The molecule has 1 aromatic carbocycles. The molecule has 0 spiro atoms. The van der Waals surface area contributed by atoms with Crippen molar-refractivity contribution in [2.24, 2.45) is 0 Å². The molecular formula is C22H21F3N4O. The molecule has 5 nitrogen and oxygen atoms in total. The molecule has 0 radical (unpaired) electrons. The predicted octanol–water partition coefficient (Wildman–Crippen LogP) is 5.04. The third-order valence-corrected chi connectivity index (χ3v) is 4.97. The summed E-state index contributed by atoms with van der Waals surface area (Å²) >= 11 is 0. The minimum atomic E-state index is -4.40. The molecule has 2 aromatic heterocycles. The summed E-state index contributed by atoms with van der Waals surface area (Å²) in [5.41, 5.74) is 6.28. The minimum absolute atomic E-state index is 0.154. The van der Waals surface area contributed by atoms with E-state index in [1.807, 2.05) is 32.9 Å². The first-order chi connectivity index (χ1) is 14.1. The molecule has 0 bridgehead atoms. The van der Waals surface area contributed by atoms with Gasteiger partial charge in [0.1, 0.15) is 5.75 Å². The van der Waals surface area contributed by atoms with Crippen LogP contribution >= 0.6 is 0 Å². The lowest BCUT2D eigenvalue weighted by molar-refractivity contribution is -0.153. The average Bonchev–Trinajstić information content (AvgIpc) is 2.95. The zero-order valence-corrected chi connectivity index (χ0v) is 17.1. The highest BCUT2D eigenvalue weighted by Gasteiger charge is 2.29. The first-order valence-electron chi connectivity index (χ1n) is 9.30. The van der Waals surface area contributed by atoms with Crippen molar-refractivity contribution in [2.45, 2.75) is 40.4 Å². The largest absolute Gasteiger partial charge is 0.484 e. The Balaban J connectivity index is 1.92. The van der Waals surface area contributed by atoms with Gasteiger partial charge in [0.2, 0.25) is 0 Å². The Morgan fingerprint density at radius 1 is 1.13 bits per heavy atom. The fraction of sp³-hybridized carbons (Fsp3) is 0.318. The Morgan fingerprint density at radius 2 is 1.87 bits per heavy atom. The molecule has 0 amide bonds. The summed E-state index contributed by atoms with van der Waals surface area (Å²) in [4.78, 5) is 4.31. The van der Waals surface area contributed by atoms with Crippen LogP contribution in [0.15, 0.2) is 30.5 Å². The highest BCUT2D eigenvalue weighted by atomic mass is 19.4. The zero-order chi connectivity index (χ0) is 22.1. The summed E-state index contributed by atoms with van der Waals surface area (Å²) in [6.07, 6.45) is -2.97. The second-order valence-corrected chi connectivity index (χ2v) is 7.13. The number of hydrogen-bond acceptors (Lipinski definition) is 4. The number of rotatable bonds is 5. The van der Waals surface area contributed by atoms with Gasteiger partial charge in [-0.2, -0.15) is 23.5 Å². The van der Waals surface area contributed by atoms with Crippen molar-refractivity contribution in [2.75, 3.05) is 6.61 Å². The van der Waals surface area contributed by atoms with E-state index in [1.165, 1.54) is 12.3 Å². The first kappa shape index (κ1) is 21.4. The van der Waals surface area contributed by atoms with Gasteiger partial charge in [0.05, 0.1) is 29.6 Å². The van der Waals surface area contributed by atoms with E-state index in [4.69, 9.17) is 10.00 Å². The fourth-order valence-electron chi connectivity index (χ4n) is 3.39. The van der Waals surface area contributed by atoms with E-state index < -0.39 is 12.8 Å². The Labute approximate surface area is 172 Å². The molecular weight excluding hydrogens is 393 g/mol. The van der Waals surface area contributed by atoms with E-state index in [2.05, 4.69) is 16.2 Å². The van der Waals surface area contributed by atoms with Crippen molar-refractivity contribution >= 4 is 0 Å². The van der Waals surface area contributed by atoms with E-state index in [-0.39, 0.29) is 5.75 Å². The molecule has 30 heavy (non-hydrogen) atoms. The number of aryl methyl sites for hydroxylation is 2. The number of hydrogen-bond donors (Lipinski definition) is 0. The summed E-state index contributed by atoms with van der Waals surface area (Å²) in [5.74, 6) is 0.154. The number of alkyl halides is 3. The summed E-state index contributed by atoms with van der Waals surface area (Å²) in [6.45, 7) is 6.36. The van der Waals surface area contributed by atoms with E-state index in [0.29, 0.717) is 23.4 Å². The van der Waals surface area contributed by atoms with E-state index in [1.54, 1.807) is 17.7 Å². The molecule has 0 saturated carbocycles. The van der Waals surface area contributed by atoms with Crippen molar-refractivity contribution in [1.82, 2.24) is 14.8 Å². The van der Waals surface area contributed by atoms with Crippen molar-refractivity contribution in [3.63, 3.8) is 0 Å². The van der Waals surface area contributed by atoms with Gasteiger partial charge < -0.3 is 4.74 Å². The SMILES string of the molecule is Cc1cc(-c2c(C)nn(Cc3nccc(OCC(F)(F)F)c3C)c2C)ccc1C#N. The molecule has 0 N–H and O–H groups in total. The van der Waals surface area contributed by atoms with Crippen LogP contribution in [0, 0.1) is 39.0 Å². The van der Waals surface area contributed by atoms with E-state index >= 15 is 0 Å². The van der Waals surface area contributed by atoms with Crippen molar-refractivity contribution < 1.29 is 17.9 Å². The fourth-order valence-corrected chi connectivity index (χ4v) is 3.39. The number of halogens is 3. The van der Waals surface area contributed by atoms with E-state index in [9.17, 15) is 13.2 Å². The predicted molar refractivity (Wildman–Crippen MR) is 106 cm³/mol. The molecule has 0 aliphatic carbocycles. The molecule has 156 valence electrons. The molecule has 0 aliphatic rings. The van der Waals surface area contributed by atoms with Crippen LogP contribution in [0.5, 0.6) is 5.75 Å². The van der Waals surface area contributed by atoms with Gasteiger partial charge in [0.15, 0.2) is 6.61 Å². The zero-order valence-electron chi connectivity index (χ0n) is 17.1. The number of pyridine rings is 1. The van der Waals surface area contributed by atoms with Crippen molar-refractivity contribution in [1.29, 1.82) is 5.26 Å². The molecule has 3 aromatic rings. The van der Waals surface area contributed by atoms with Crippen molar-refractivity contribution in [3.8, 4) is 22.9 Å². The smallest absolute Gasteiger partial charge is 0.422 e. The quantitative estimate of drug-likeness (QED) is 0.587. The lowest BCUT2D eigenvalue weighted by atomic mass is 9.99. The summed E-state index contributed by atoms with van der Waals surface area (Å²) in [5, 5.41) is 13.7. The molecule has 0 unspecified atom stereocenters.